The van der Waals surface area contributed by atoms with Crippen molar-refractivity contribution in [2.75, 3.05) is 0 Å². The molecule has 0 saturated carbocycles. The highest BCUT2D eigenvalue weighted by Crippen LogP contribution is 2.12. The zero-order valence-corrected chi connectivity index (χ0v) is 13.6. The first-order chi connectivity index (χ1) is 9.49. The quantitative estimate of drug-likeness (QED) is 0.331. The van der Waals surface area contributed by atoms with Crippen LogP contribution in [0.4, 0.5) is 0 Å². The van der Waals surface area contributed by atoms with E-state index in [-0.39, 0.29) is 5.91 Å². The molecule has 0 bridgehead atoms. The van der Waals surface area contributed by atoms with Crippen LogP contribution in [0.5, 0.6) is 0 Å². The van der Waals surface area contributed by atoms with Crippen molar-refractivity contribution in [3.05, 3.63) is 12.2 Å². The standard InChI is InChI=1S/C16H28ClNO2/c1-4-5-6-7-8-9-10-11-12-14(15(17)19)18-16(20)13(2)3/h14H,2,4-12H2,1,3H3,(H,18,20). The number of rotatable bonds is 12. The summed E-state index contributed by atoms with van der Waals surface area (Å²) in [5.74, 6) is -0.302. The summed E-state index contributed by atoms with van der Waals surface area (Å²) >= 11 is 5.51. The molecule has 1 amide bonds. The number of carbonyl (C=O) groups is 2. The number of carbonyl (C=O) groups excluding carboxylic acids is 2. The molecule has 3 nitrogen and oxygen atoms in total. The Morgan fingerprint density at radius 3 is 2.00 bits per heavy atom. The molecule has 0 aromatic carbocycles. The van der Waals surface area contributed by atoms with Crippen LogP contribution in [0, 0.1) is 0 Å². The lowest BCUT2D eigenvalue weighted by atomic mass is 10.0. The van der Waals surface area contributed by atoms with E-state index in [4.69, 9.17) is 11.6 Å². The Morgan fingerprint density at radius 2 is 1.55 bits per heavy atom. The molecule has 0 aromatic rings. The third-order valence-electron chi connectivity index (χ3n) is 3.31. The molecule has 1 atom stereocenters. The molecule has 0 aliphatic heterocycles. The van der Waals surface area contributed by atoms with E-state index in [1.807, 2.05) is 0 Å². The SMILES string of the molecule is C=C(C)C(=O)NC(CCCCCCCCCC)C(=O)Cl. The molecular weight excluding hydrogens is 274 g/mol. The third kappa shape index (κ3) is 10.0. The molecule has 0 aliphatic rings. The third-order valence-corrected chi connectivity index (χ3v) is 3.58. The van der Waals surface area contributed by atoms with E-state index in [0.29, 0.717) is 12.0 Å². The fourth-order valence-electron chi connectivity index (χ4n) is 2.01. The minimum absolute atomic E-state index is 0.302. The van der Waals surface area contributed by atoms with Gasteiger partial charge in [0, 0.05) is 5.57 Å². The number of hydrogen-bond acceptors (Lipinski definition) is 2. The lowest BCUT2D eigenvalue weighted by molar-refractivity contribution is -0.122. The van der Waals surface area contributed by atoms with Gasteiger partial charge in [0.05, 0.1) is 0 Å². The van der Waals surface area contributed by atoms with Crippen LogP contribution < -0.4 is 5.32 Å². The smallest absolute Gasteiger partial charge is 0.246 e. The van der Waals surface area contributed by atoms with Crippen LogP contribution >= 0.6 is 11.6 Å². The van der Waals surface area contributed by atoms with E-state index in [1.54, 1.807) is 6.92 Å². The molecule has 0 rings (SSSR count). The summed E-state index contributed by atoms with van der Waals surface area (Å²) < 4.78 is 0. The van der Waals surface area contributed by atoms with Gasteiger partial charge in [0.25, 0.3) is 0 Å². The van der Waals surface area contributed by atoms with Gasteiger partial charge < -0.3 is 5.32 Å². The monoisotopic (exact) mass is 301 g/mol. The first kappa shape index (κ1) is 19.2. The summed E-state index contributed by atoms with van der Waals surface area (Å²) in [6.07, 6.45) is 10.2. The Labute approximate surface area is 128 Å². The summed E-state index contributed by atoms with van der Waals surface area (Å²) in [6, 6.07) is -0.582. The van der Waals surface area contributed by atoms with Gasteiger partial charge in [-0.1, -0.05) is 64.9 Å². The van der Waals surface area contributed by atoms with Crippen LogP contribution in [-0.2, 0) is 9.59 Å². The Morgan fingerprint density at radius 1 is 1.05 bits per heavy atom. The van der Waals surface area contributed by atoms with Gasteiger partial charge >= 0.3 is 0 Å². The fourth-order valence-corrected chi connectivity index (χ4v) is 2.17. The lowest BCUT2D eigenvalue weighted by Gasteiger charge is -2.14. The van der Waals surface area contributed by atoms with Crippen LogP contribution in [0.2, 0.25) is 0 Å². The number of unbranched alkanes of at least 4 members (excludes halogenated alkanes) is 7. The molecule has 0 heterocycles. The predicted octanol–water partition coefficient (Wildman–Crippen LogP) is 4.34. The van der Waals surface area contributed by atoms with E-state index in [0.717, 1.165) is 12.8 Å². The van der Waals surface area contributed by atoms with Gasteiger partial charge in [0.2, 0.25) is 11.1 Å². The molecule has 4 heteroatoms. The summed E-state index contributed by atoms with van der Waals surface area (Å²) in [4.78, 5) is 22.7. The van der Waals surface area contributed by atoms with Crippen LogP contribution in [-0.4, -0.2) is 17.2 Å². The van der Waals surface area contributed by atoms with Crippen LogP contribution in [0.1, 0.15) is 71.6 Å². The zero-order chi connectivity index (χ0) is 15.4. The second kappa shape index (κ2) is 12.0. The van der Waals surface area contributed by atoms with Gasteiger partial charge in [-0.25, -0.2) is 0 Å². The van der Waals surface area contributed by atoms with Gasteiger partial charge in [0.15, 0.2) is 0 Å². The molecule has 0 aromatic heterocycles. The van der Waals surface area contributed by atoms with Crippen LogP contribution in [0.3, 0.4) is 0 Å². The van der Waals surface area contributed by atoms with Crippen molar-refractivity contribution in [1.82, 2.24) is 5.32 Å². The van der Waals surface area contributed by atoms with Crippen molar-refractivity contribution < 1.29 is 9.59 Å². The van der Waals surface area contributed by atoms with Gasteiger partial charge in [0.1, 0.15) is 6.04 Å². The van der Waals surface area contributed by atoms with E-state index in [2.05, 4.69) is 18.8 Å². The Kier molecular flexibility index (Phi) is 11.5. The average molecular weight is 302 g/mol. The molecule has 20 heavy (non-hydrogen) atoms. The molecule has 0 fully saturated rings. The van der Waals surface area contributed by atoms with Crippen molar-refractivity contribution in [3.63, 3.8) is 0 Å². The van der Waals surface area contributed by atoms with Gasteiger partial charge in [-0.05, 0) is 24.9 Å². The molecule has 0 spiro atoms. The Bertz CT molecular complexity index is 316. The van der Waals surface area contributed by atoms with Gasteiger partial charge in [-0.2, -0.15) is 0 Å². The Balaban J connectivity index is 3.74. The van der Waals surface area contributed by atoms with Gasteiger partial charge in [-0.3, -0.25) is 9.59 Å². The number of halogens is 1. The zero-order valence-electron chi connectivity index (χ0n) is 12.8. The summed E-state index contributed by atoms with van der Waals surface area (Å²) in [5.41, 5.74) is 0.392. The van der Waals surface area contributed by atoms with E-state index in [9.17, 15) is 9.59 Å². The van der Waals surface area contributed by atoms with E-state index >= 15 is 0 Å². The van der Waals surface area contributed by atoms with E-state index < -0.39 is 11.3 Å². The number of hydrogen-bond donors (Lipinski definition) is 1. The first-order valence-electron chi connectivity index (χ1n) is 7.64. The first-order valence-corrected chi connectivity index (χ1v) is 8.02. The number of nitrogens with one attached hydrogen (secondary N) is 1. The van der Waals surface area contributed by atoms with Crippen molar-refractivity contribution in [2.24, 2.45) is 0 Å². The predicted molar refractivity (Wildman–Crippen MR) is 84.8 cm³/mol. The van der Waals surface area contributed by atoms with Crippen molar-refractivity contribution >= 4 is 22.8 Å². The number of amides is 1. The largest absolute Gasteiger partial charge is 0.341 e. The van der Waals surface area contributed by atoms with Crippen molar-refractivity contribution in [2.45, 2.75) is 77.7 Å². The average Bonchev–Trinajstić information content (AvgIpc) is 2.39. The normalized spacial score (nSPS) is 11.9. The minimum Gasteiger partial charge on any atom is -0.341 e. The highest BCUT2D eigenvalue weighted by atomic mass is 35.5. The maximum Gasteiger partial charge on any atom is 0.246 e. The van der Waals surface area contributed by atoms with Gasteiger partial charge in [-0.15, -0.1) is 0 Å². The summed E-state index contributed by atoms with van der Waals surface area (Å²) in [5, 5.41) is 2.12. The molecule has 0 saturated heterocycles. The second-order valence-electron chi connectivity index (χ2n) is 5.37. The minimum atomic E-state index is -0.582. The highest BCUT2D eigenvalue weighted by Gasteiger charge is 2.18. The molecule has 0 aliphatic carbocycles. The summed E-state index contributed by atoms with van der Waals surface area (Å²) in [7, 11) is 0. The molecule has 1 unspecified atom stereocenters. The summed E-state index contributed by atoms with van der Waals surface area (Å²) in [6.45, 7) is 7.37. The topological polar surface area (TPSA) is 46.2 Å². The highest BCUT2D eigenvalue weighted by molar-refractivity contribution is 6.64. The molecule has 1 N–H and O–H groups in total. The van der Waals surface area contributed by atoms with Crippen molar-refractivity contribution in [1.29, 1.82) is 0 Å². The van der Waals surface area contributed by atoms with Crippen LogP contribution in [0.15, 0.2) is 12.2 Å². The van der Waals surface area contributed by atoms with E-state index in [1.165, 1.54) is 38.5 Å². The lowest BCUT2D eigenvalue weighted by Crippen LogP contribution is -2.39. The maximum absolute atomic E-state index is 11.5. The maximum atomic E-state index is 11.5. The van der Waals surface area contributed by atoms with Crippen LogP contribution in [0.25, 0.3) is 0 Å². The molecule has 0 radical (unpaired) electrons. The Hall–Kier alpha value is -0.830. The fraction of sp³-hybridized carbons (Fsp3) is 0.750. The molecule has 116 valence electrons. The van der Waals surface area contributed by atoms with Crippen molar-refractivity contribution in [3.8, 4) is 0 Å². The second-order valence-corrected chi connectivity index (χ2v) is 5.75. The molecular formula is C16H28ClNO2.